The zero-order chi connectivity index (χ0) is 15.9. The lowest BCUT2D eigenvalue weighted by Gasteiger charge is -2.28. The molecule has 0 bridgehead atoms. The number of hydrogen-bond acceptors (Lipinski definition) is 2. The molecule has 0 unspecified atom stereocenters. The Morgan fingerprint density at radius 2 is 1.62 bits per heavy atom. The highest BCUT2D eigenvalue weighted by Gasteiger charge is 2.31. The van der Waals surface area contributed by atoms with Crippen molar-refractivity contribution in [1.82, 2.24) is 5.32 Å². The number of benzene rings is 1. The Kier molecular flexibility index (Phi) is 8.84. The van der Waals surface area contributed by atoms with Gasteiger partial charge in [-0.3, -0.25) is 0 Å². The molecule has 0 aromatic heterocycles. The van der Waals surface area contributed by atoms with Crippen LogP contribution in [-0.4, -0.2) is 21.8 Å². The van der Waals surface area contributed by atoms with Crippen LogP contribution in [0, 0.1) is 0 Å². The molecule has 0 amide bonds. The summed E-state index contributed by atoms with van der Waals surface area (Å²) >= 11 is 11.0. The number of halogens is 3. The van der Waals surface area contributed by atoms with Crippen molar-refractivity contribution < 1.29 is 0 Å². The minimum atomic E-state index is -0.336. The van der Waals surface area contributed by atoms with Crippen molar-refractivity contribution in [2.45, 2.75) is 41.8 Å². The van der Waals surface area contributed by atoms with Gasteiger partial charge in [-0.25, -0.2) is 0 Å². The van der Waals surface area contributed by atoms with Crippen LogP contribution in [0.3, 0.4) is 0 Å². The van der Waals surface area contributed by atoms with Gasteiger partial charge >= 0.3 is 0 Å². The van der Waals surface area contributed by atoms with Gasteiger partial charge in [0.25, 0.3) is 0 Å². The fourth-order valence-corrected chi connectivity index (χ4v) is 3.59. The summed E-state index contributed by atoms with van der Waals surface area (Å²) < 4.78 is -0.336. The normalized spacial score (nSPS) is 13.2. The van der Waals surface area contributed by atoms with E-state index in [2.05, 4.69) is 103 Å². The van der Waals surface area contributed by atoms with E-state index in [0.717, 1.165) is 19.6 Å². The van der Waals surface area contributed by atoms with Crippen LogP contribution in [0.4, 0.5) is 5.69 Å². The molecule has 1 N–H and O–H groups in total. The summed E-state index contributed by atoms with van der Waals surface area (Å²) in [5.41, 5.74) is 2.54. The molecule has 21 heavy (non-hydrogen) atoms. The highest BCUT2D eigenvalue weighted by atomic mass is 80.0. The summed E-state index contributed by atoms with van der Waals surface area (Å²) in [4.78, 5) is 2.35. The van der Waals surface area contributed by atoms with Crippen LogP contribution in [0.15, 0.2) is 24.3 Å². The largest absolute Gasteiger partial charge is 0.372 e. The van der Waals surface area contributed by atoms with Gasteiger partial charge in [0.1, 0.15) is 0 Å². The lowest BCUT2D eigenvalue weighted by molar-refractivity contribution is 0.545. The second-order valence-corrected chi connectivity index (χ2v) is 12.0. The van der Waals surface area contributed by atoms with E-state index < -0.39 is 0 Å². The van der Waals surface area contributed by atoms with Crippen LogP contribution < -0.4 is 10.2 Å². The lowest BCUT2D eigenvalue weighted by Crippen LogP contribution is -2.31. The highest BCUT2D eigenvalue weighted by Crippen LogP contribution is 2.45. The molecule has 0 aliphatic rings. The van der Waals surface area contributed by atoms with Crippen molar-refractivity contribution in [1.29, 1.82) is 0 Å². The SMILES string of the molecule is CCCCN[C@H](c1ccc(N(CC)CC)cc1)C(Br)(Br)Br. The van der Waals surface area contributed by atoms with Gasteiger partial charge in [0, 0.05) is 18.8 Å². The van der Waals surface area contributed by atoms with Crippen molar-refractivity contribution >= 4 is 53.5 Å². The summed E-state index contributed by atoms with van der Waals surface area (Å²) in [5.74, 6) is 0. The Morgan fingerprint density at radius 1 is 1.05 bits per heavy atom. The fraction of sp³-hybridized carbons (Fsp3) is 0.625. The van der Waals surface area contributed by atoms with Crippen LogP contribution in [0.5, 0.6) is 0 Å². The number of nitrogens with one attached hydrogen (secondary N) is 1. The number of anilines is 1. The van der Waals surface area contributed by atoms with Gasteiger partial charge in [0.05, 0.1) is 6.04 Å². The third kappa shape index (κ3) is 6.20. The van der Waals surface area contributed by atoms with Crippen molar-refractivity contribution in [2.75, 3.05) is 24.5 Å². The number of unbranched alkanes of at least 4 members (excludes halogenated alkanes) is 1. The first-order chi connectivity index (χ1) is 9.93. The van der Waals surface area contributed by atoms with Gasteiger partial charge in [-0.1, -0.05) is 73.3 Å². The van der Waals surface area contributed by atoms with Crippen molar-refractivity contribution in [3.05, 3.63) is 29.8 Å². The average molecular weight is 485 g/mol. The first kappa shape index (κ1) is 19.5. The van der Waals surface area contributed by atoms with E-state index in [1.54, 1.807) is 0 Å². The third-order valence-electron chi connectivity index (χ3n) is 3.56. The topological polar surface area (TPSA) is 15.3 Å². The molecule has 0 aliphatic heterocycles. The van der Waals surface area contributed by atoms with Crippen LogP contribution in [-0.2, 0) is 0 Å². The fourth-order valence-electron chi connectivity index (χ4n) is 2.31. The van der Waals surface area contributed by atoms with E-state index >= 15 is 0 Å². The Bertz CT molecular complexity index is 397. The molecule has 0 heterocycles. The first-order valence-electron chi connectivity index (χ1n) is 7.59. The lowest BCUT2D eigenvalue weighted by atomic mass is 10.1. The monoisotopic (exact) mass is 482 g/mol. The molecule has 1 rings (SSSR count). The maximum absolute atomic E-state index is 3.67. The highest BCUT2D eigenvalue weighted by molar-refractivity contribution is 9.39. The van der Waals surface area contributed by atoms with Gasteiger partial charge in [0.2, 0.25) is 0 Å². The number of rotatable bonds is 8. The van der Waals surface area contributed by atoms with E-state index in [1.165, 1.54) is 24.1 Å². The molecular weight excluding hydrogens is 460 g/mol. The zero-order valence-corrected chi connectivity index (χ0v) is 17.8. The molecule has 1 aromatic carbocycles. The van der Waals surface area contributed by atoms with E-state index in [9.17, 15) is 0 Å². The maximum Gasteiger partial charge on any atom is 0.154 e. The summed E-state index contributed by atoms with van der Waals surface area (Å²) in [5, 5.41) is 3.60. The number of hydrogen-bond donors (Lipinski definition) is 1. The third-order valence-corrected chi connectivity index (χ3v) is 4.93. The molecule has 0 spiro atoms. The van der Waals surface area contributed by atoms with Crippen molar-refractivity contribution in [2.24, 2.45) is 0 Å². The van der Waals surface area contributed by atoms with Crippen molar-refractivity contribution in [3.8, 4) is 0 Å². The molecule has 0 radical (unpaired) electrons. The minimum Gasteiger partial charge on any atom is -0.372 e. The standard InChI is InChI=1S/C16H25Br3N2/c1-4-7-12-20-15(16(17,18)19)13-8-10-14(11-9-13)21(5-2)6-3/h8-11,15,20H,4-7,12H2,1-3H3/t15-/m1/s1. The second-order valence-electron chi connectivity index (χ2n) is 5.05. The minimum absolute atomic E-state index is 0.162. The van der Waals surface area contributed by atoms with E-state index in [4.69, 9.17) is 0 Å². The molecule has 0 aliphatic carbocycles. The van der Waals surface area contributed by atoms with Crippen molar-refractivity contribution in [3.63, 3.8) is 0 Å². The summed E-state index contributed by atoms with van der Waals surface area (Å²) in [6, 6.07) is 8.98. The number of nitrogens with zero attached hydrogens (tertiary/aromatic N) is 1. The van der Waals surface area contributed by atoms with Crippen LogP contribution >= 0.6 is 47.8 Å². The Morgan fingerprint density at radius 3 is 2.05 bits per heavy atom. The molecule has 5 heteroatoms. The van der Waals surface area contributed by atoms with Gasteiger partial charge in [0.15, 0.2) is 2.14 Å². The van der Waals surface area contributed by atoms with Gasteiger partial charge < -0.3 is 10.2 Å². The van der Waals surface area contributed by atoms with Gasteiger partial charge in [-0.2, -0.15) is 0 Å². The molecule has 0 fully saturated rings. The summed E-state index contributed by atoms with van der Waals surface area (Å²) in [6.45, 7) is 9.66. The van der Waals surface area contributed by atoms with Crippen LogP contribution in [0.1, 0.15) is 45.2 Å². The summed E-state index contributed by atoms with van der Waals surface area (Å²) in [7, 11) is 0. The summed E-state index contributed by atoms with van der Waals surface area (Å²) in [6.07, 6.45) is 2.37. The predicted molar refractivity (Wildman–Crippen MR) is 105 cm³/mol. The van der Waals surface area contributed by atoms with E-state index in [1.807, 2.05) is 0 Å². The van der Waals surface area contributed by atoms with Gasteiger partial charge in [-0.15, -0.1) is 0 Å². The molecule has 0 saturated heterocycles. The molecule has 0 saturated carbocycles. The zero-order valence-electron chi connectivity index (χ0n) is 13.0. The van der Waals surface area contributed by atoms with E-state index in [0.29, 0.717) is 0 Å². The second kappa shape index (κ2) is 9.53. The average Bonchev–Trinajstić information content (AvgIpc) is 2.45. The molecule has 1 aromatic rings. The Hall–Kier alpha value is 0.420. The van der Waals surface area contributed by atoms with Crippen LogP contribution in [0.25, 0.3) is 0 Å². The maximum atomic E-state index is 3.67. The van der Waals surface area contributed by atoms with E-state index in [-0.39, 0.29) is 8.18 Å². The molecule has 1 atom stereocenters. The first-order valence-corrected chi connectivity index (χ1v) is 9.96. The quantitative estimate of drug-likeness (QED) is 0.370. The Labute approximate surface area is 154 Å². The molecule has 120 valence electrons. The Balaban J connectivity index is 2.88. The molecular formula is C16H25Br3N2. The smallest absolute Gasteiger partial charge is 0.154 e. The number of alkyl halides is 3. The van der Waals surface area contributed by atoms with Crippen LogP contribution in [0.2, 0.25) is 0 Å². The predicted octanol–water partition coefficient (Wildman–Crippen LogP) is 5.80. The molecule has 2 nitrogen and oxygen atoms in total. The van der Waals surface area contributed by atoms with Gasteiger partial charge in [-0.05, 0) is 44.5 Å².